The molecule has 0 radical (unpaired) electrons. The molecule has 1 heterocycles. The number of hydrogen-bond donors (Lipinski definition) is 2. The Labute approximate surface area is 162 Å². The van der Waals surface area contributed by atoms with Crippen molar-refractivity contribution in [1.29, 1.82) is 0 Å². The van der Waals surface area contributed by atoms with Crippen LogP contribution in [0.5, 0.6) is 5.75 Å². The number of nitrogens with one attached hydrogen (secondary N) is 2. The Bertz CT molecular complexity index is 743. The Morgan fingerprint density at radius 1 is 1.41 bits per heavy atom. The van der Waals surface area contributed by atoms with Crippen molar-refractivity contribution in [3.05, 3.63) is 18.2 Å². The number of carbonyl (C=O) groups is 1. The van der Waals surface area contributed by atoms with Crippen LogP contribution in [0.3, 0.4) is 0 Å². The molecule has 7 nitrogen and oxygen atoms in total. The lowest BCUT2D eigenvalue weighted by atomic mass is 9.85. The Kier molecular flexibility index (Phi) is 7.64. The number of benzene rings is 1. The highest BCUT2D eigenvalue weighted by atomic mass is 32.2. The van der Waals surface area contributed by atoms with E-state index in [1.165, 1.54) is 26.2 Å². The molecule has 2 unspecified atom stereocenters. The van der Waals surface area contributed by atoms with Crippen LogP contribution in [0, 0.1) is 11.8 Å². The molecular formula is C19H31N3O4S. The van der Waals surface area contributed by atoms with Gasteiger partial charge in [0.05, 0.1) is 17.2 Å². The third-order valence-corrected chi connectivity index (χ3v) is 6.76. The summed E-state index contributed by atoms with van der Waals surface area (Å²) in [7, 11) is -0.637. The lowest BCUT2D eigenvalue weighted by Gasteiger charge is -2.28. The summed E-state index contributed by atoms with van der Waals surface area (Å²) in [5.41, 5.74) is 0.388. The van der Waals surface area contributed by atoms with E-state index in [1.54, 1.807) is 6.07 Å². The Hall–Kier alpha value is -1.64. The van der Waals surface area contributed by atoms with Crippen molar-refractivity contribution in [3.8, 4) is 5.75 Å². The van der Waals surface area contributed by atoms with Gasteiger partial charge in [0.25, 0.3) is 0 Å². The van der Waals surface area contributed by atoms with Crippen LogP contribution in [0.25, 0.3) is 0 Å². The maximum atomic E-state index is 12.6. The lowest BCUT2D eigenvalue weighted by Crippen LogP contribution is -2.34. The van der Waals surface area contributed by atoms with Crippen molar-refractivity contribution in [1.82, 2.24) is 9.62 Å². The zero-order chi connectivity index (χ0) is 20.0. The second-order valence-corrected chi connectivity index (χ2v) is 9.37. The van der Waals surface area contributed by atoms with Crippen LogP contribution in [0.2, 0.25) is 0 Å². The minimum absolute atomic E-state index is 0.121. The van der Waals surface area contributed by atoms with Gasteiger partial charge in [-0.05, 0) is 62.9 Å². The molecule has 1 aromatic carbocycles. The Morgan fingerprint density at radius 2 is 2.15 bits per heavy atom. The summed E-state index contributed by atoms with van der Waals surface area (Å²) in [5, 5.41) is 6.23. The monoisotopic (exact) mass is 397 g/mol. The molecule has 1 aromatic rings. The summed E-state index contributed by atoms with van der Waals surface area (Å²) < 4.78 is 31.5. The van der Waals surface area contributed by atoms with Crippen molar-refractivity contribution in [2.24, 2.45) is 11.8 Å². The minimum atomic E-state index is -3.59. The molecule has 152 valence electrons. The van der Waals surface area contributed by atoms with Gasteiger partial charge in [0.15, 0.2) is 0 Å². The number of ether oxygens (including phenoxy) is 1. The van der Waals surface area contributed by atoms with Crippen LogP contribution >= 0.6 is 0 Å². The number of anilines is 1. The predicted octanol–water partition coefficient (Wildman–Crippen LogP) is 2.30. The number of hydrogen-bond acceptors (Lipinski definition) is 5. The molecule has 1 amide bonds. The van der Waals surface area contributed by atoms with E-state index in [1.807, 2.05) is 6.92 Å². The molecule has 1 saturated heterocycles. The zero-order valence-electron chi connectivity index (χ0n) is 16.6. The summed E-state index contributed by atoms with van der Waals surface area (Å²) in [6.07, 6.45) is 2.65. The highest BCUT2D eigenvalue weighted by molar-refractivity contribution is 7.89. The smallest absolute Gasteiger partial charge is 0.242 e. The number of sulfonamides is 1. The van der Waals surface area contributed by atoms with Crippen molar-refractivity contribution < 1.29 is 17.9 Å². The first-order valence-electron chi connectivity index (χ1n) is 9.45. The summed E-state index contributed by atoms with van der Waals surface area (Å²) in [6, 6.07) is 4.54. The fourth-order valence-corrected chi connectivity index (χ4v) is 4.21. The summed E-state index contributed by atoms with van der Waals surface area (Å²) in [4.78, 5) is 12.7. The van der Waals surface area contributed by atoms with Crippen LogP contribution in [0.15, 0.2) is 23.1 Å². The maximum Gasteiger partial charge on any atom is 0.242 e. The average Bonchev–Trinajstić information content (AvgIpc) is 2.63. The van der Waals surface area contributed by atoms with E-state index in [4.69, 9.17) is 4.74 Å². The quantitative estimate of drug-likeness (QED) is 0.703. The van der Waals surface area contributed by atoms with E-state index >= 15 is 0 Å². The Balaban J connectivity index is 2.15. The van der Waals surface area contributed by atoms with Crippen LogP contribution in [-0.2, 0) is 14.8 Å². The Morgan fingerprint density at radius 3 is 2.74 bits per heavy atom. The van der Waals surface area contributed by atoms with E-state index in [0.29, 0.717) is 30.4 Å². The molecule has 2 N–H and O–H groups in total. The normalized spacial score (nSPS) is 18.9. The van der Waals surface area contributed by atoms with Crippen molar-refractivity contribution in [3.63, 3.8) is 0 Å². The summed E-state index contributed by atoms with van der Waals surface area (Å²) >= 11 is 0. The number of amides is 1. The maximum absolute atomic E-state index is 12.6. The fourth-order valence-electron chi connectivity index (χ4n) is 3.28. The molecule has 8 heteroatoms. The summed E-state index contributed by atoms with van der Waals surface area (Å²) in [5.74, 6) is 1.07. The van der Waals surface area contributed by atoms with E-state index < -0.39 is 10.0 Å². The van der Waals surface area contributed by atoms with Gasteiger partial charge in [-0.3, -0.25) is 4.79 Å². The van der Waals surface area contributed by atoms with Gasteiger partial charge in [-0.1, -0.05) is 6.92 Å². The molecule has 1 fully saturated rings. The molecule has 2 rings (SSSR count). The van der Waals surface area contributed by atoms with Crippen LogP contribution in [0.1, 0.15) is 33.1 Å². The van der Waals surface area contributed by atoms with Gasteiger partial charge in [0.2, 0.25) is 15.9 Å². The van der Waals surface area contributed by atoms with Gasteiger partial charge < -0.3 is 15.4 Å². The van der Waals surface area contributed by atoms with Gasteiger partial charge in [-0.2, -0.15) is 0 Å². The first-order valence-corrected chi connectivity index (χ1v) is 10.9. The number of piperidine rings is 1. The molecule has 0 bridgehead atoms. The molecule has 1 aliphatic rings. The lowest BCUT2D eigenvalue weighted by molar-refractivity contribution is -0.117. The molecule has 27 heavy (non-hydrogen) atoms. The molecule has 0 spiro atoms. The van der Waals surface area contributed by atoms with Crippen LogP contribution < -0.4 is 15.4 Å². The molecule has 0 saturated carbocycles. The fraction of sp³-hybridized carbons (Fsp3) is 0.632. The molecule has 1 aliphatic heterocycles. The number of carbonyl (C=O) groups excluding carboxylic acids is 1. The highest BCUT2D eigenvalue weighted by Crippen LogP contribution is 2.30. The highest BCUT2D eigenvalue weighted by Gasteiger charge is 2.23. The third-order valence-electron chi connectivity index (χ3n) is 4.95. The van der Waals surface area contributed by atoms with Gasteiger partial charge in [0.1, 0.15) is 5.75 Å². The van der Waals surface area contributed by atoms with E-state index in [2.05, 4.69) is 17.6 Å². The topological polar surface area (TPSA) is 87.7 Å². The third kappa shape index (κ3) is 5.67. The van der Waals surface area contributed by atoms with Crippen molar-refractivity contribution >= 4 is 21.6 Å². The van der Waals surface area contributed by atoms with Gasteiger partial charge >= 0.3 is 0 Å². The van der Waals surface area contributed by atoms with Gasteiger partial charge in [0, 0.05) is 20.5 Å². The van der Waals surface area contributed by atoms with E-state index in [-0.39, 0.29) is 16.7 Å². The number of rotatable bonds is 8. The molecule has 0 aromatic heterocycles. The largest absolute Gasteiger partial charge is 0.492 e. The molecule has 2 atom stereocenters. The van der Waals surface area contributed by atoms with Crippen LogP contribution in [0.4, 0.5) is 5.69 Å². The van der Waals surface area contributed by atoms with Crippen LogP contribution in [-0.4, -0.2) is 52.4 Å². The predicted molar refractivity (Wildman–Crippen MR) is 106 cm³/mol. The molecule has 0 aliphatic carbocycles. The first-order chi connectivity index (χ1) is 12.8. The summed E-state index contributed by atoms with van der Waals surface area (Å²) in [6.45, 7) is 6.34. The minimum Gasteiger partial charge on any atom is -0.492 e. The molecular weight excluding hydrogens is 366 g/mol. The second-order valence-electron chi connectivity index (χ2n) is 7.21. The van der Waals surface area contributed by atoms with E-state index in [0.717, 1.165) is 30.2 Å². The van der Waals surface area contributed by atoms with Crippen molar-refractivity contribution in [2.75, 3.05) is 39.1 Å². The second kappa shape index (κ2) is 9.52. The average molecular weight is 398 g/mol. The van der Waals surface area contributed by atoms with E-state index in [9.17, 15) is 13.2 Å². The van der Waals surface area contributed by atoms with Crippen molar-refractivity contribution in [2.45, 2.75) is 38.0 Å². The standard InChI is InChI=1S/C19H31N3O4S/c1-5-26-18-9-8-16(27(24,25)22(3)4)12-17(18)21-19(23)11-14(2)15-7-6-10-20-13-15/h8-9,12,14-15,20H,5-7,10-11,13H2,1-4H3,(H,21,23). The zero-order valence-corrected chi connectivity index (χ0v) is 17.4. The van der Waals surface area contributed by atoms with Gasteiger partial charge in [-0.15, -0.1) is 0 Å². The number of nitrogens with zero attached hydrogens (tertiary/aromatic N) is 1. The first kappa shape index (κ1) is 21.7. The van der Waals surface area contributed by atoms with Gasteiger partial charge in [-0.25, -0.2) is 12.7 Å². The SMILES string of the molecule is CCOc1ccc(S(=O)(=O)N(C)C)cc1NC(=O)CC(C)C1CCCNC1.